The normalized spacial score (nSPS) is 16.1. The van der Waals surface area contributed by atoms with Crippen LogP contribution in [0.2, 0.25) is 5.02 Å². The summed E-state index contributed by atoms with van der Waals surface area (Å²) in [5, 5.41) is 2.16. The van der Waals surface area contributed by atoms with E-state index in [1.165, 1.54) is 41.9 Å². The van der Waals surface area contributed by atoms with E-state index in [-0.39, 0.29) is 27.8 Å². The van der Waals surface area contributed by atoms with E-state index < -0.39 is 33.4 Å². The fourth-order valence-electron chi connectivity index (χ4n) is 4.00. The predicted octanol–water partition coefficient (Wildman–Crippen LogP) is 5.83. The van der Waals surface area contributed by atoms with Crippen LogP contribution < -0.4 is 10.5 Å². The second kappa shape index (κ2) is 9.50. The maximum atomic E-state index is 13.3. The van der Waals surface area contributed by atoms with Crippen LogP contribution in [0.4, 0.5) is 19.0 Å². The standard InChI is InChI=1S/C24H21ClF3N5O2S2/c1-12(24(26,27)28)13-6-8-30-18(10-13)22-23-15(7-9-31-22)16(11-36-23)20(33-37(34,35)14-2-3-14)21-17(25)4-5-19(29)32-21/h4-12,14,20,33H,2-3H2,1H3,(H2,29,32). The minimum absolute atomic E-state index is 0.0684. The molecule has 0 aromatic carbocycles. The van der Waals surface area contributed by atoms with E-state index in [2.05, 4.69) is 19.7 Å². The molecule has 4 heterocycles. The minimum atomic E-state index is -4.40. The number of nitrogens with one attached hydrogen (secondary N) is 1. The van der Waals surface area contributed by atoms with Crippen LogP contribution >= 0.6 is 22.9 Å². The fourth-order valence-corrected chi connectivity index (χ4v) is 6.82. The zero-order chi connectivity index (χ0) is 26.5. The Labute approximate surface area is 220 Å². The first-order valence-corrected chi connectivity index (χ1v) is 14.1. The lowest BCUT2D eigenvalue weighted by atomic mass is 9.99. The van der Waals surface area contributed by atoms with Crippen molar-refractivity contribution < 1.29 is 21.6 Å². The maximum absolute atomic E-state index is 13.3. The van der Waals surface area contributed by atoms with Crippen LogP contribution in [0, 0.1) is 0 Å². The number of anilines is 1. The third-order valence-corrected chi connectivity index (χ3v) is 9.51. The van der Waals surface area contributed by atoms with Gasteiger partial charge in [-0.25, -0.2) is 18.1 Å². The van der Waals surface area contributed by atoms with Crippen LogP contribution in [-0.4, -0.2) is 34.8 Å². The number of rotatable bonds is 7. The van der Waals surface area contributed by atoms with Gasteiger partial charge in [-0.3, -0.25) is 9.97 Å². The molecule has 0 amide bonds. The topological polar surface area (TPSA) is 111 Å². The molecule has 0 aliphatic heterocycles. The van der Waals surface area contributed by atoms with Crippen molar-refractivity contribution in [3.05, 3.63) is 69.9 Å². The molecule has 13 heteroatoms. The number of nitrogens with two attached hydrogens (primary N) is 1. The van der Waals surface area contributed by atoms with Crippen LogP contribution in [0.15, 0.2) is 48.1 Å². The summed E-state index contributed by atoms with van der Waals surface area (Å²) in [5.41, 5.74) is 7.46. The smallest absolute Gasteiger partial charge is 0.384 e. The highest BCUT2D eigenvalue weighted by molar-refractivity contribution is 7.90. The first kappa shape index (κ1) is 25.8. The van der Waals surface area contributed by atoms with Crippen molar-refractivity contribution >= 4 is 48.9 Å². The van der Waals surface area contributed by atoms with Crippen LogP contribution in [-0.2, 0) is 10.0 Å². The molecule has 194 valence electrons. The van der Waals surface area contributed by atoms with E-state index in [0.29, 0.717) is 34.2 Å². The van der Waals surface area contributed by atoms with Crippen molar-refractivity contribution in [2.75, 3.05) is 5.73 Å². The van der Waals surface area contributed by atoms with Crippen LogP contribution in [0.3, 0.4) is 0 Å². The first-order valence-electron chi connectivity index (χ1n) is 11.3. The number of fused-ring (bicyclic) bond motifs is 1. The zero-order valence-electron chi connectivity index (χ0n) is 19.3. The Morgan fingerprint density at radius 3 is 2.59 bits per heavy atom. The molecule has 0 radical (unpaired) electrons. The van der Waals surface area contributed by atoms with Crippen molar-refractivity contribution in [3.8, 4) is 11.4 Å². The third-order valence-electron chi connectivity index (χ3n) is 6.26. The van der Waals surface area contributed by atoms with Crippen molar-refractivity contribution in [1.82, 2.24) is 19.7 Å². The number of nitrogens with zero attached hydrogens (tertiary/aromatic N) is 3. The molecule has 4 aromatic heterocycles. The molecule has 5 rings (SSSR count). The Kier molecular flexibility index (Phi) is 6.63. The molecule has 0 bridgehead atoms. The van der Waals surface area contributed by atoms with Crippen molar-refractivity contribution in [2.24, 2.45) is 0 Å². The molecule has 1 fully saturated rings. The van der Waals surface area contributed by atoms with Gasteiger partial charge in [-0.2, -0.15) is 13.2 Å². The molecule has 1 saturated carbocycles. The summed E-state index contributed by atoms with van der Waals surface area (Å²) >= 11 is 7.71. The number of thiophene rings is 1. The monoisotopic (exact) mass is 567 g/mol. The summed E-state index contributed by atoms with van der Waals surface area (Å²) in [6, 6.07) is 6.56. The van der Waals surface area contributed by atoms with Gasteiger partial charge in [0, 0.05) is 17.8 Å². The van der Waals surface area contributed by atoms with E-state index in [1.54, 1.807) is 17.5 Å². The molecular formula is C24H21ClF3N5O2S2. The lowest BCUT2D eigenvalue weighted by molar-refractivity contribution is -0.146. The number of halogens is 4. The average molecular weight is 568 g/mol. The Bertz CT molecular complexity index is 1590. The Balaban J connectivity index is 1.63. The van der Waals surface area contributed by atoms with Crippen LogP contribution in [0.25, 0.3) is 21.5 Å². The lowest BCUT2D eigenvalue weighted by Gasteiger charge is -2.20. The zero-order valence-corrected chi connectivity index (χ0v) is 21.7. The molecule has 0 saturated heterocycles. The summed E-state index contributed by atoms with van der Waals surface area (Å²) in [6.45, 7) is 1.09. The molecule has 4 aromatic rings. The van der Waals surface area contributed by atoms with Crippen molar-refractivity contribution in [2.45, 2.75) is 43.2 Å². The molecule has 1 aliphatic carbocycles. The highest BCUT2D eigenvalue weighted by Gasteiger charge is 2.39. The highest BCUT2D eigenvalue weighted by Crippen LogP contribution is 2.41. The van der Waals surface area contributed by atoms with Gasteiger partial charge in [0.1, 0.15) is 11.5 Å². The van der Waals surface area contributed by atoms with Gasteiger partial charge < -0.3 is 5.73 Å². The van der Waals surface area contributed by atoms with Gasteiger partial charge in [0.25, 0.3) is 0 Å². The number of alkyl halides is 3. The molecule has 3 N–H and O–H groups in total. The molecule has 37 heavy (non-hydrogen) atoms. The lowest BCUT2D eigenvalue weighted by Crippen LogP contribution is -2.32. The number of sulfonamides is 1. The Morgan fingerprint density at radius 1 is 1.16 bits per heavy atom. The second-order valence-corrected chi connectivity index (χ2v) is 12.1. The number of nitrogen functional groups attached to an aromatic ring is 1. The molecule has 7 nitrogen and oxygen atoms in total. The van der Waals surface area contributed by atoms with Gasteiger partial charge in [-0.05, 0) is 66.6 Å². The minimum Gasteiger partial charge on any atom is -0.384 e. The third kappa shape index (κ3) is 5.15. The quantitative estimate of drug-likeness (QED) is 0.291. The number of pyridine rings is 3. The van der Waals surface area contributed by atoms with E-state index in [4.69, 9.17) is 17.3 Å². The van der Waals surface area contributed by atoms with Crippen LogP contribution in [0.5, 0.6) is 0 Å². The summed E-state index contributed by atoms with van der Waals surface area (Å²) in [6.07, 6.45) is -0.432. The van der Waals surface area contributed by atoms with E-state index in [1.807, 2.05) is 0 Å². The van der Waals surface area contributed by atoms with Gasteiger partial charge in [-0.1, -0.05) is 11.6 Å². The van der Waals surface area contributed by atoms with Gasteiger partial charge in [0.2, 0.25) is 10.0 Å². The van der Waals surface area contributed by atoms with E-state index in [9.17, 15) is 21.6 Å². The number of hydrogen-bond donors (Lipinski definition) is 2. The predicted molar refractivity (Wildman–Crippen MR) is 138 cm³/mol. The largest absolute Gasteiger partial charge is 0.395 e. The Morgan fingerprint density at radius 2 is 1.89 bits per heavy atom. The summed E-state index contributed by atoms with van der Waals surface area (Å²) in [7, 11) is -3.67. The summed E-state index contributed by atoms with van der Waals surface area (Å²) in [4.78, 5) is 13.0. The second-order valence-electron chi connectivity index (χ2n) is 8.86. The SMILES string of the molecule is CC(c1ccnc(-c2nccc3c(C(NS(=O)(=O)C4CC4)c4nc(N)ccc4Cl)csc23)c1)C(F)(F)F. The first-order chi connectivity index (χ1) is 17.5. The van der Waals surface area contributed by atoms with Crippen molar-refractivity contribution in [1.29, 1.82) is 0 Å². The molecule has 0 spiro atoms. The van der Waals surface area contributed by atoms with Crippen LogP contribution in [0.1, 0.15) is 48.5 Å². The fraction of sp³-hybridized carbons (Fsp3) is 0.292. The van der Waals surface area contributed by atoms with Gasteiger partial charge in [-0.15, -0.1) is 11.3 Å². The van der Waals surface area contributed by atoms with Gasteiger partial charge >= 0.3 is 6.18 Å². The number of aromatic nitrogens is 3. The summed E-state index contributed by atoms with van der Waals surface area (Å²) < 4.78 is 69.2. The number of hydrogen-bond acceptors (Lipinski definition) is 7. The molecular weight excluding hydrogens is 547 g/mol. The summed E-state index contributed by atoms with van der Waals surface area (Å²) in [5.74, 6) is -1.50. The van der Waals surface area contributed by atoms with E-state index >= 15 is 0 Å². The molecule has 2 unspecified atom stereocenters. The molecule has 2 atom stereocenters. The Hall–Kier alpha value is -2.80. The van der Waals surface area contributed by atoms with Gasteiger partial charge in [0.05, 0.1) is 38.3 Å². The van der Waals surface area contributed by atoms with Gasteiger partial charge in [0.15, 0.2) is 0 Å². The average Bonchev–Trinajstić information content (AvgIpc) is 3.64. The van der Waals surface area contributed by atoms with E-state index in [0.717, 1.165) is 6.92 Å². The van der Waals surface area contributed by atoms with Crippen molar-refractivity contribution in [3.63, 3.8) is 0 Å². The highest BCUT2D eigenvalue weighted by atomic mass is 35.5. The maximum Gasteiger partial charge on any atom is 0.395 e. The molecule has 1 aliphatic rings.